The molecule has 33 heavy (non-hydrogen) atoms. The zero-order valence-corrected chi connectivity index (χ0v) is 18.9. The first-order valence-electron chi connectivity index (χ1n) is 11.4. The average Bonchev–Trinajstić information content (AvgIpc) is 2.86. The fourth-order valence-electron chi connectivity index (χ4n) is 4.01. The highest BCUT2D eigenvalue weighted by molar-refractivity contribution is 5.15. The van der Waals surface area contributed by atoms with Crippen LogP contribution in [0.4, 0.5) is 4.39 Å². The van der Waals surface area contributed by atoms with Crippen molar-refractivity contribution in [1.29, 1.82) is 0 Å². The molecule has 0 saturated carbocycles. The maximum Gasteiger partial charge on any atom is 0.204 e. The number of ether oxygens (including phenoxy) is 4. The number of hydrogen-bond acceptors (Lipinski definition) is 4. The van der Waals surface area contributed by atoms with Gasteiger partial charge in [0.05, 0.1) is 32.5 Å². The standard InChI is InChI=1S/C28H31FO4/c1-21-26(31-18-23-13-7-3-8-14-23)27(32-19-24-15-9-4-10-16-24)25(33-28(21)29)20-30-17-22-11-5-2-6-12-22/h2-16,21,25-28H,17-20H2,1H3/t21?,25?,26-,27+,28-/m1/s1. The van der Waals surface area contributed by atoms with Crippen LogP contribution in [0, 0.1) is 5.92 Å². The van der Waals surface area contributed by atoms with Crippen molar-refractivity contribution in [2.75, 3.05) is 6.61 Å². The molecule has 4 nitrogen and oxygen atoms in total. The van der Waals surface area contributed by atoms with E-state index in [-0.39, 0.29) is 6.61 Å². The van der Waals surface area contributed by atoms with E-state index in [1.165, 1.54) is 0 Å². The van der Waals surface area contributed by atoms with E-state index in [2.05, 4.69) is 0 Å². The Morgan fingerprint density at radius 3 is 1.64 bits per heavy atom. The Balaban J connectivity index is 1.46. The minimum Gasteiger partial charge on any atom is -0.374 e. The molecule has 5 heteroatoms. The molecule has 1 heterocycles. The zero-order valence-electron chi connectivity index (χ0n) is 18.9. The van der Waals surface area contributed by atoms with Crippen LogP contribution >= 0.6 is 0 Å². The number of halogens is 1. The summed E-state index contributed by atoms with van der Waals surface area (Å²) in [7, 11) is 0. The molecular weight excluding hydrogens is 419 g/mol. The van der Waals surface area contributed by atoms with Gasteiger partial charge in [-0.2, -0.15) is 0 Å². The monoisotopic (exact) mass is 450 g/mol. The van der Waals surface area contributed by atoms with Gasteiger partial charge in [0.1, 0.15) is 12.2 Å². The quantitative estimate of drug-likeness (QED) is 0.397. The predicted octanol–water partition coefficient (Wildman–Crippen LogP) is 5.70. The van der Waals surface area contributed by atoms with Crippen molar-refractivity contribution in [3.05, 3.63) is 108 Å². The summed E-state index contributed by atoms with van der Waals surface area (Å²) in [5.74, 6) is -0.472. The van der Waals surface area contributed by atoms with E-state index in [4.69, 9.17) is 18.9 Å². The Morgan fingerprint density at radius 1 is 0.667 bits per heavy atom. The Hall–Kier alpha value is -2.57. The van der Waals surface area contributed by atoms with Gasteiger partial charge in [-0.05, 0) is 16.7 Å². The smallest absolute Gasteiger partial charge is 0.204 e. The molecule has 4 rings (SSSR count). The topological polar surface area (TPSA) is 36.9 Å². The summed E-state index contributed by atoms with van der Waals surface area (Å²) in [5.41, 5.74) is 3.13. The molecule has 0 amide bonds. The second kappa shape index (κ2) is 12.1. The van der Waals surface area contributed by atoms with Crippen LogP contribution in [0.5, 0.6) is 0 Å². The van der Waals surface area contributed by atoms with Crippen molar-refractivity contribution < 1.29 is 23.3 Å². The van der Waals surface area contributed by atoms with Gasteiger partial charge in [-0.15, -0.1) is 0 Å². The van der Waals surface area contributed by atoms with Gasteiger partial charge in [-0.1, -0.05) is 97.9 Å². The number of rotatable bonds is 10. The maximum atomic E-state index is 14.9. The van der Waals surface area contributed by atoms with Crippen LogP contribution in [0.15, 0.2) is 91.0 Å². The Morgan fingerprint density at radius 2 is 1.12 bits per heavy atom. The van der Waals surface area contributed by atoms with Crippen LogP contribution in [-0.2, 0) is 38.8 Å². The Kier molecular flexibility index (Phi) is 8.61. The van der Waals surface area contributed by atoms with Gasteiger partial charge in [0.15, 0.2) is 0 Å². The lowest BCUT2D eigenvalue weighted by molar-refractivity contribution is -0.269. The number of alkyl halides is 1. The van der Waals surface area contributed by atoms with E-state index in [9.17, 15) is 4.39 Å². The summed E-state index contributed by atoms with van der Waals surface area (Å²) in [6, 6.07) is 29.7. The second-order valence-electron chi connectivity index (χ2n) is 8.41. The van der Waals surface area contributed by atoms with Crippen molar-refractivity contribution in [2.45, 2.75) is 51.4 Å². The SMILES string of the molecule is CC1[C@H](F)OC(COCc2ccccc2)[C@H](OCc2ccccc2)[C@@H]1OCc1ccccc1. The average molecular weight is 451 g/mol. The number of benzene rings is 3. The van der Waals surface area contributed by atoms with Gasteiger partial charge in [0.25, 0.3) is 0 Å². The molecular formula is C28H31FO4. The maximum absolute atomic E-state index is 14.9. The van der Waals surface area contributed by atoms with Crippen LogP contribution in [-0.4, -0.2) is 31.3 Å². The number of hydrogen-bond donors (Lipinski definition) is 0. The third-order valence-electron chi connectivity index (χ3n) is 5.89. The van der Waals surface area contributed by atoms with Crippen molar-refractivity contribution >= 4 is 0 Å². The van der Waals surface area contributed by atoms with Gasteiger partial charge in [-0.3, -0.25) is 0 Å². The van der Waals surface area contributed by atoms with Gasteiger partial charge >= 0.3 is 0 Å². The molecule has 1 aliphatic heterocycles. The van der Waals surface area contributed by atoms with Gasteiger partial charge in [0.2, 0.25) is 6.36 Å². The summed E-state index contributed by atoms with van der Waals surface area (Å²) >= 11 is 0. The molecule has 0 spiro atoms. The first-order valence-corrected chi connectivity index (χ1v) is 11.4. The third kappa shape index (κ3) is 6.71. The molecule has 0 aliphatic carbocycles. The van der Waals surface area contributed by atoms with Crippen LogP contribution < -0.4 is 0 Å². The van der Waals surface area contributed by atoms with E-state index in [1.807, 2.05) is 91.0 Å². The lowest BCUT2D eigenvalue weighted by Gasteiger charge is -2.42. The third-order valence-corrected chi connectivity index (χ3v) is 5.89. The normalized spacial score (nSPS) is 25.1. The van der Waals surface area contributed by atoms with Gasteiger partial charge < -0.3 is 18.9 Å². The van der Waals surface area contributed by atoms with Crippen molar-refractivity contribution in [2.24, 2.45) is 5.92 Å². The molecule has 3 aromatic rings. The van der Waals surface area contributed by atoms with Crippen LogP contribution in [0.1, 0.15) is 23.6 Å². The second-order valence-corrected chi connectivity index (χ2v) is 8.41. The molecule has 174 valence electrons. The summed E-state index contributed by atoms with van der Waals surface area (Å²) in [5, 5.41) is 0. The summed E-state index contributed by atoms with van der Waals surface area (Å²) in [6.45, 7) is 3.21. The molecule has 0 aromatic heterocycles. The molecule has 5 atom stereocenters. The van der Waals surface area contributed by atoms with E-state index in [0.29, 0.717) is 19.8 Å². The first kappa shape index (κ1) is 23.6. The minimum absolute atomic E-state index is 0.215. The van der Waals surface area contributed by atoms with Gasteiger partial charge in [0, 0.05) is 5.92 Å². The summed E-state index contributed by atoms with van der Waals surface area (Å²) in [6.07, 6.45) is -2.97. The molecule has 1 aliphatic rings. The van der Waals surface area contributed by atoms with E-state index < -0.39 is 30.6 Å². The van der Waals surface area contributed by atoms with E-state index in [0.717, 1.165) is 16.7 Å². The van der Waals surface area contributed by atoms with Crippen molar-refractivity contribution in [3.63, 3.8) is 0 Å². The zero-order chi connectivity index (χ0) is 22.9. The largest absolute Gasteiger partial charge is 0.374 e. The molecule has 2 unspecified atom stereocenters. The molecule has 0 N–H and O–H groups in total. The Bertz CT molecular complexity index is 938. The molecule has 0 radical (unpaired) electrons. The van der Waals surface area contributed by atoms with Crippen molar-refractivity contribution in [3.8, 4) is 0 Å². The summed E-state index contributed by atoms with van der Waals surface area (Å²) in [4.78, 5) is 0. The molecule has 1 fully saturated rings. The fourth-order valence-corrected chi connectivity index (χ4v) is 4.01. The van der Waals surface area contributed by atoms with Crippen molar-refractivity contribution in [1.82, 2.24) is 0 Å². The first-order chi connectivity index (χ1) is 16.2. The molecule has 1 saturated heterocycles. The molecule has 0 bridgehead atoms. The lowest BCUT2D eigenvalue weighted by Crippen LogP contribution is -2.55. The lowest BCUT2D eigenvalue weighted by atomic mass is 9.92. The predicted molar refractivity (Wildman–Crippen MR) is 125 cm³/mol. The van der Waals surface area contributed by atoms with Crippen LogP contribution in [0.3, 0.4) is 0 Å². The highest BCUT2D eigenvalue weighted by Gasteiger charge is 2.45. The highest BCUT2D eigenvalue weighted by atomic mass is 19.1. The van der Waals surface area contributed by atoms with E-state index >= 15 is 0 Å². The summed E-state index contributed by atoms with van der Waals surface area (Å²) < 4.78 is 39.1. The van der Waals surface area contributed by atoms with E-state index in [1.54, 1.807) is 6.92 Å². The van der Waals surface area contributed by atoms with Crippen LogP contribution in [0.2, 0.25) is 0 Å². The highest BCUT2D eigenvalue weighted by Crippen LogP contribution is 2.32. The fraction of sp³-hybridized carbons (Fsp3) is 0.357. The van der Waals surface area contributed by atoms with Gasteiger partial charge in [-0.25, -0.2) is 4.39 Å². The minimum atomic E-state index is -1.45. The molecule has 3 aromatic carbocycles. The Labute approximate surface area is 195 Å². The van der Waals surface area contributed by atoms with Crippen LogP contribution in [0.25, 0.3) is 0 Å².